The van der Waals surface area contributed by atoms with E-state index in [0.717, 1.165) is 22.6 Å². The lowest BCUT2D eigenvalue weighted by Gasteiger charge is -2.35. The van der Waals surface area contributed by atoms with Crippen LogP contribution >= 0.6 is 0 Å². The number of aromatic nitrogens is 2. The van der Waals surface area contributed by atoms with E-state index in [-0.39, 0.29) is 18.1 Å². The number of aryl methyl sites for hydroxylation is 1. The molecular formula is C19H25N3O2. The van der Waals surface area contributed by atoms with Crippen molar-refractivity contribution in [2.45, 2.75) is 46.4 Å². The molecule has 1 aliphatic heterocycles. The van der Waals surface area contributed by atoms with Gasteiger partial charge in [-0.3, -0.25) is 9.78 Å². The fourth-order valence-corrected chi connectivity index (χ4v) is 3.43. The standard InChI is InChI=1S/C19H25N3O2/c1-13-9-18(19(23)21-10-14(2)24-15(3)11-21)16(4)22(13)12-17-7-5-6-8-20-17/h5-9,14-15H,10-12H2,1-4H3/t14-,15-/m0/s1. The smallest absolute Gasteiger partial charge is 0.255 e. The van der Waals surface area contributed by atoms with Gasteiger partial charge in [-0.05, 0) is 45.9 Å². The van der Waals surface area contributed by atoms with Gasteiger partial charge in [0.05, 0.1) is 30.0 Å². The molecule has 5 nitrogen and oxygen atoms in total. The lowest BCUT2D eigenvalue weighted by atomic mass is 10.1. The SMILES string of the molecule is Cc1cc(C(=O)N2C[C@H](C)O[C@@H](C)C2)c(C)n1Cc1ccccn1. The number of nitrogens with zero attached hydrogens (tertiary/aromatic N) is 3. The third-order valence-corrected chi connectivity index (χ3v) is 4.56. The van der Waals surface area contributed by atoms with Crippen molar-refractivity contribution >= 4 is 5.91 Å². The van der Waals surface area contributed by atoms with Crippen molar-refractivity contribution in [3.63, 3.8) is 0 Å². The third-order valence-electron chi connectivity index (χ3n) is 4.56. The van der Waals surface area contributed by atoms with Crippen LogP contribution in [0, 0.1) is 13.8 Å². The summed E-state index contributed by atoms with van der Waals surface area (Å²) < 4.78 is 7.89. The molecule has 0 unspecified atom stereocenters. The number of hydrogen-bond acceptors (Lipinski definition) is 3. The molecule has 0 N–H and O–H groups in total. The van der Waals surface area contributed by atoms with Gasteiger partial charge in [-0.25, -0.2) is 0 Å². The van der Waals surface area contributed by atoms with Gasteiger partial charge in [0.2, 0.25) is 0 Å². The lowest BCUT2D eigenvalue weighted by Crippen LogP contribution is -2.48. The number of carbonyl (C=O) groups excluding carboxylic acids is 1. The van der Waals surface area contributed by atoms with Crippen LogP contribution in [-0.2, 0) is 11.3 Å². The molecule has 0 spiro atoms. The second-order valence-electron chi connectivity index (χ2n) is 6.66. The van der Waals surface area contributed by atoms with Gasteiger partial charge in [0.15, 0.2) is 0 Å². The average Bonchev–Trinajstić information content (AvgIpc) is 2.82. The molecule has 1 aliphatic rings. The highest BCUT2D eigenvalue weighted by molar-refractivity contribution is 5.95. The summed E-state index contributed by atoms with van der Waals surface area (Å²) in [6.45, 7) is 10.1. The molecule has 3 rings (SSSR count). The minimum absolute atomic E-state index is 0.0784. The Morgan fingerprint density at radius 2 is 1.96 bits per heavy atom. The van der Waals surface area contributed by atoms with Gasteiger partial charge >= 0.3 is 0 Å². The van der Waals surface area contributed by atoms with Crippen molar-refractivity contribution in [1.29, 1.82) is 0 Å². The molecule has 3 heterocycles. The second kappa shape index (κ2) is 6.77. The van der Waals surface area contributed by atoms with Gasteiger partial charge in [0.1, 0.15) is 0 Å². The molecule has 0 aromatic carbocycles. The van der Waals surface area contributed by atoms with Gasteiger partial charge in [0, 0.05) is 30.7 Å². The minimum atomic E-state index is 0.0784. The van der Waals surface area contributed by atoms with Crippen LogP contribution in [0.25, 0.3) is 0 Å². The van der Waals surface area contributed by atoms with Crippen LogP contribution in [0.4, 0.5) is 0 Å². The molecule has 0 aliphatic carbocycles. The van der Waals surface area contributed by atoms with E-state index in [1.54, 1.807) is 6.20 Å². The Hall–Kier alpha value is -2.14. The van der Waals surface area contributed by atoms with Gasteiger partial charge in [0.25, 0.3) is 5.91 Å². The van der Waals surface area contributed by atoms with Gasteiger partial charge in [-0.1, -0.05) is 6.07 Å². The monoisotopic (exact) mass is 327 g/mol. The fraction of sp³-hybridized carbons (Fsp3) is 0.474. The molecule has 1 amide bonds. The van der Waals surface area contributed by atoms with Crippen LogP contribution in [0.1, 0.15) is 41.3 Å². The Bertz CT molecular complexity index is 714. The predicted molar refractivity (Wildman–Crippen MR) is 93.2 cm³/mol. The van der Waals surface area contributed by atoms with Crippen molar-refractivity contribution in [3.05, 3.63) is 53.1 Å². The number of rotatable bonds is 3. The topological polar surface area (TPSA) is 47.4 Å². The second-order valence-corrected chi connectivity index (χ2v) is 6.66. The minimum Gasteiger partial charge on any atom is -0.372 e. The van der Waals surface area contributed by atoms with E-state index < -0.39 is 0 Å². The summed E-state index contributed by atoms with van der Waals surface area (Å²) in [5.74, 6) is 0.0948. The lowest BCUT2D eigenvalue weighted by molar-refractivity contribution is -0.0586. The largest absolute Gasteiger partial charge is 0.372 e. The van der Waals surface area contributed by atoms with E-state index in [1.807, 2.05) is 56.9 Å². The third kappa shape index (κ3) is 3.36. The first-order valence-electron chi connectivity index (χ1n) is 8.47. The first-order chi connectivity index (χ1) is 11.5. The fourth-order valence-electron chi connectivity index (χ4n) is 3.43. The molecule has 128 valence electrons. The highest BCUT2D eigenvalue weighted by Crippen LogP contribution is 2.21. The van der Waals surface area contributed by atoms with Gasteiger partial charge in [-0.15, -0.1) is 0 Å². The first kappa shape index (κ1) is 16.7. The van der Waals surface area contributed by atoms with E-state index in [1.165, 1.54) is 0 Å². The highest BCUT2D eigenvalue weighted by Gasteiger charge is 2.28. The summed E-state index contributed by atoms with van der Waals surface area (Å²) in [7, 11) is 0. The van der Waals surface area contributed by atoms with Gasteiger partial charge < -0.3 is 14.2 Å². The molecule has 0 bridgehead atoms. The molecule has 1 fully saturated rings. The number of carbonyl (C=O) groups is 1. The Morgan fingerprint density at radius 3 is 2.58 bits per heavy atom. The maximum Gasteiger partial charge on any atom is 0.255 e. The quantitative estimate of drug-likeness (QED) is 0.871. The number of amides is 1. The molecule has 2 atom stereocenters. The number of ether oxygens (including phenoxy) is 1. The van der Waals surface area contributed by atoms with Crippen LogP contribution in [0.2, 0.25) is 0 Å². The molecular weight excluding hydrogens is 302 g/mol. The Kier molecular flexibility index (Phi) is 4.71. The average molecular weight is 327 g/mol. The normalized spacial score (nSPS) is 21.1. The molecule has 24 heavy (non-hydrogen) atoms. The van der Waals surface area contributed by atoms with Crippen LogP contribution in [0.3, 0.4) is 0 Å². The summed E-state index contributed by atoms with van der Waals surface area (Å²) in [4.78, 5) is 19.3. The Morgan fingerprint density at radius 1 is 1.25 bits per heavy atom. The predicted octanol–water partition coefficient (Wildman–Crippen LogP) is 2.80. The first-order valence-corrected chi connectivity index (χ1v) is 8.47. The molecule has 2 aromatic rings. The molecule has 0 radical (unpaired) electrons. The number of hydrogen-bond donors (Lipinski definition) is 0. The van der Waals surface area contributed by atoms with Crippen molar-refractivity contribution in [3.8, 4) is 0 Å². The van der Waals surface area contributed by atoms with E-state index in [9.17, 15) is 4.79 Å². The van der Waals surface area contributed by atoms with E-state index >= 15 is 0 Å². The van der Waals surface area contributed by atoms with Crippen LogP contribution in [0.15, 0.2) is 30.5 Å². The van der Waals surface area contributed by atoms with E-state index in [0.29, 0.717) is 19.6 Å². The maximum absolute atomic E-state index is 13.0. The van der Waals surface area contributed by atoms with Crippen LogP contribution in [-0.4, -0.2) is 45.7 Å². The van der Waals surface area contributed by atoms with Crippen molar-refractivity contribution in [1.82, 2.24) is 14.5 Å². The Labute approximate surface area is 143 Å². The summed E-state index contributed by atoms with van der Waals surface area (Å²) >= 11 is 0. The van der Waals surface area contributed by atoms with E-state index in [2.05, 4.69) is 9.55 Å². The van der Waals surface area contributed by atoms with Crippen LogP contribution in [0.5, 0.6) is 0 Å². The molecule has 0 saturated carbocycles. The summed E-state index contributed by atoms with van der Waals surface area (Å²) in [6.07, 6.45) is 1.95. The zero-order valence-electron chi connectivity index (χ0n) is 14.8. The van der Waals surface area contributed by atoms with Crippen molar-refractivity contribution in [2.24, 2.45) is 0 Å². The maximum atomic E-state index is 13.0. The van der Waals surface area contributed by atoms with Crippen molar-refractivity contribution < 1.29 is 9.53 Å². The number of pyridine rings is 1. The zero-order valence-corrected chi connectivity index (χ0v) is 14.8. The van der Waals surface area contributed by atoms with Crippen LogP contribution < -0.4 is 0 Å². The van der Waals surface area contributed by atoms with Gasteiger partial charge in [-0.2, -0.15) is 0 Å². The summed E-state index contributed by atoms with van der Waals surface area (Å²) in [5.41, 5.74) is 3.85. The highest BCUT2D eigenvalue weighted by atomic mass is 16.5. The molecule has 1 saturated heterocycles. The number of morpholine rings is 1. The summed E-state index contributed by atoms with van der Waals surface area (Å²) in [6, 6.07) is 7.89. The Balaban J connectivity index is 1.84. The molecule has 2 aromatic heterocycles. The van der Waals surface area contributed by atoms with Crippen molar-refractivity contribution in [2.75, 3.05) is 13.1 Å². The molecule has 5 heteroatoms. The zero-order chi connectivity index (χ0) is 17.3. The van der Waals surface area contributed by atoms with E-state index in [4.69, 9.17) is 4.74 Å². The summed E-state index contributed by atoms with van der Waals surface area (Å²) in [5, 5.41) is 0.